The number of anilines is 1. The molecule has 0 amide bonds. The third-order valence-corrected chi connectivity index (χ3v) is 5.93. The van der Waals surface area contributed by atoms with Gasteiger partial charge in [-0.25, -0.2) is 4.98 Å². The summed E-state index contributed by atoms with van der Waals surface area (Å²) in [6.45, 7) is 1.74. The second-order valence-corrected chi connectivity index (χ2v) is 7.63. The van der Waals surface area contributed by atoms with Crippen LogP contribution in [0.3, 0.4) is 0 Å². The van der Waals surface area contributed by atoms with Crippen molar-refractivity contribution < 1.29 is 4.74 Å². The van der Waals surface area contributed by atoms with Gasteiger partial charge in [-0.05, 0) is 43.7 Å². The smallest absolute Gasteiger partial charge is 0.183 e. The third kappa shape index (κ3) is 3.21. The maximum atomic E-state index is 5.99. The molecule has 0 saturated heterocycles. The van der Waals surface area contributed by atoms with Crippen LogP contribution in [-0.4, -0.2) is 24.2 Å². The standard InChI is InChI=1S/C18H23N3OS/c19-13-7-5-12(6-8-13)11-20-18-21-17-14-3-1-2-4-15(14)22-10-9-16(17)23-18/h1-4,12-13H,5-11,19H2,(H,20,21). The van der Waals surface area contributed by atoms with Gasteiger partial charge in [0, 0.05) is 29.4 Å². The first-order valence-electron chi connectivity index (χ1n) is 8.51. The van der Waals surface area contributed by atoms with Gasteiger partial charge in [0.2, 0.25) is 0 Å². The number of aromatic nitrogens is 1. The Morgan fingerprint density at radius 2 is 2.04 bits per heavy atom. The highest BCUT2D eigenvalue weighted by molar-refractivity contribution is 7.16. The van der Waals surface area contributed by atoms with Gasteiger partial charge in [-0.3, -0.25) is 0 Å². The minimum absolute atomic E-state index is 0.415. The van der Waals surface area contributed by atoms with E-state index >= 15 is 0 Å². The van der Waals surface area contributed by atoms with Crippen LogP contribution in [0.1, 0.15) is 30.6 Å². The summed E-state index contributed by atoms with van der Waals surface area (Å²) >= 11 is 1.77. The van der Waals surface area contributed by atoms with Crippen molar-refractivity contribution in [2.45, 2.75) is 38.1 Å². The van der Waals surface area contributed by atoms with Gasteiger partial charge in [0.1, 0.15) is 5.75 Å². The molecule has 23 heavy (non-hydrogen) atoms. The Labute approximate surface area is 141 Å². The van der Waals surface area contributed by atoms with E-state index in [0.717, 1.165) is 60.5 Å². The van der Waals surface area contributed by atoms with Gasteiger partial charge in [0.05, 0.1) is 12.3 Å². The fourth-order valence-corrected chi connectivity index (χ4v) is 4.44. The van der Waals surface area contributed by atoms with Crippen molar-refractivity contribution in [2.24, 2.45) is 11.7 Å². The molecule has 0 unspecified atom stereocenters. The number of hydrogen-bond acceptors (Lipinski definition) is 5. The van der Waals surface area contributed by atoms with E-state index in [4.69, 9.17) is 15.5 Å². The van der Waals surface area contributed by atoms with Gasteiger partial charge in [-0.2, -0.15) is 0 Å². The molecule has 0 bridgehead atoms. The summed E-state index contributed by atoms with van der Waals surface area (Å²) in [5, 5.41) is 4.61. The first kappa shape index (κ1) is 15.0. The number of hydrogen-bond donors (Lipinski definition) is 2. The lowest BCUT2D eigenvalue weighted by atomic mass is 9.86. The van der Waals surface area contributed by atoms with E-state index < -0.39 is 0 Å². The number of thiazole rings is 1. The van der Waals surface area contributed by atoms with Crippen molar-refractivity contribution >= 4 is 16.5 Å². The SMILES string of the molecule is NC1CCC(CNc2nc3c(s2)CCOc2ccccc2-3)CC1. The first-order valence-corrected chi connectivity index (χ1v) is 9.32. The molecule has 0 spiro atoms. The lowest BCUT2D eigenvalue weighted by Crippen LogP contribution is -2.29. The monoisotopic (exact) mass is 329 g/mol. The molecule has 1 aromatic heterocycles. The number of fused-ring (bicyclic) bond motifs is 3. The second kappa shape index (κ2) is 6.49. The fourth-order valence-electron chi connectivity index (χ4n) is 3.47. The molecule has 1 aliphatic heterocycles. The van der Waals surface area contributed by atoms with Crippen LogP contribution in [0.5, 0.6) is 5.75 Å². The zero-order valence-corrected chi connectivity index (χ0v) is 14.1. The van der Waals surface area contributed by atoms with Crippen molar-refractivity contribution in [2.75, 3.05) is 18.5 Å². The van der Waals surface area contributed by atoms with E-state index in [2.05, 4.69) is 17.4 Å². The Morgan fingerprint density at radius 3 is 2.91 bits per heavy atom. The minimum Gasteiger partial charge on any atom is -0.493 e. The number of nitrogens with zero attached hydrogens (tertiary/aromatic N) is 1. The van der Waals surface area contributed by atoms with Crippen LogP contribution in [0.15, 0.2) is 24.3 Å². The number of benzene rings is 1. The predicted molar refractivity (Wildman–Crippen MR) is 95.2 cm³/mol. The average Bonchev–Trinajstić information content (AvgIpc) is 2.90. The summed E-state index contributed by atoms with van der Waals surface area (Å²) in [5.74, 6) is 1.68. The summed E-state index contributed by atoms with van der Waals surface area (Å²) in [6.07, 6.45) is 5.71. The van der Waals surface area contributed by atoms with Gasteiger partial charge < -0.3 is 15.8 Å². The molecule has 3 N–H and O–H groups in total. The molecule has 1 saturated carbocycles. The van der Waals surface area contributed by atoms with E-state index in [9.17, 15) is 0 Å². The van der Waals surface area contributed by atoms with Crippen LogP contribution in [0, 0.1) is 5.92 Å². The van der Waals surface area contributed by atoms with Crippen LogP contribution < -0.4 is 15.8 Å². The third-order valence-electron chi connectivity index (χ3n) is 4.86. The fraction of sp³-hybridized carbons (Fsp3) is 0.500. The van der Waals surface area contributed by atoms with Crippen LogP contribution >= 0.6 is 11.3 Å². The maximum absolute atomic E-state index is 5.99. The van der Waals surface area contributed by atoms with E-state index in [-0.39, 0.29) is 0 Å². The highest BCUT2D eigenvalue weighted by Gasteiger charge is 2.21. The number of para-hydroxylation sites is 1. The van der Waals surface area contributed by atoms with Gasteiger partial charge in [-0.15, -0.1) is 11.3 Å². The predicted octanol–water partition coefficient (Wildman–Crippen LogP) is 3.67. The molecule has 5 heteroatoms. The van der Waals surface area contributed by atoms with Crippen LogP contribution in [0.4, 0.5) is 5.13 Å². The number of rotatable bonds is 3. The molecule has 0 atom stereocenters. The molecule has 1 aliphatic carbocycles. The summed E-state index contributed by atoms with van der Waals surface area (Å²) in [5.41, 5.74) is 8.20. The zero-order valence-electron chi connectivity index (χ0n) is 13.3. The number of nitrogens with two attached hydrogens (primary N) is 1. The molecule has 122 valence electrons. The van der Waals surface area contributed by atoms with E-state index in [1.807, 2.05) is 12.1 Å². The highest BCUT2D eigenvalue weighted by atomic mass is 32.1. The summed E-state index contributed by atoms with van der Waals surface area (Å²) in [7, 11) is 0. The summed E-state index contributed by atoms with van der Waals surface area (Å²) < 4.78 is 5.83. The van der Waals surface area contributed by atoms with Crippen molar-refractivity contribution in [3.8, 4) is 17.0 Å². The van der Waals surface area contributed by atoms with Gasteiger partial charge in [0.25, 0.3) is 0 Å². The van der Waals surface area contributed by atoms with Crippen LogP contribution in [0.2, 0.25) is 0 Å². The van der Waals surface area contributed by atoms with E-state index in [1.165, 1.54) is 17.7 Å². The first-order chi connectivity index (χ1) is 11.3. The average molecular weight is 329 g/mol. The van der Waals surface area contributed by atoms with Crippen molar-refractivity contribution in [3.05, 3.63) is 29.1 Å². The highest BCUT2D eigenvalue weighted by Crippen LogP contribution is 2.39. The van der Waals surface area contributed by atoms with Crippen molar-refractivity contribution in [3.63, 3.8) is 0 Å². The summed E-state index contributed by atoms with van der Waals surface area (Å²) in [4.78, 5) is 6.18. The van der Waals surface area contributed by atoms with Crippen molar-refractivity contribution in [1.29, 1.82) is 0 Å². The molecular weight excluding hydrogens is 306 g/mol. The van der Waals surface area contributed by atoms with Crippen LogP contribution in [-0.2, 0) is 6.42 Å². The minimum atomic E-state index is 0.415. The molecular formula is C18H23N3OS. The van der Waals surface area contributed by atoms with Gasteiger partial charge >= 0.3 is 0 Å². The van der Waals surface area contributed by atoms with Gasteiger partial charge in [-0.1, -0.05) is 12.1 Å². The molecule has 0 radical (unpaired) electrons. The van der Waals surface area contributed by atoms with Gasteiger partial charge in [0.15, 0.2) is 5.13 Å². The Hall–Kier alpha value is -1.59. The number of ether oxygens (including phenoxy) is 1. The second-order valence-electron chi connectivity index (χ2n) is 6.55. The Balaban J connectivity index is 1.49. The number of nitrogens with one attached hydrogen (secondary N) is 1. The molecule has 2 aliphatic rings. The summed E-state index contributed by atoms with van der Waals surface area (Å²) in [6, 6.07) is 8.62. The molecule has 1 fully saturated rings. The molecule has 1 aromatic carbocycles. The van der Waals surface area contributed by atoms with Crippen molar-refractivity contribution in [1.82, 2.24) is 4.98 Å². The molecule has 4 nitrogen and oxygen atoms in total. The van der Waals surface area contributed by atoms with E-state index in [1.54, 1.807) is 11.3 Å². The molecule has 4 rings (SSSR count). The topological polar surface area (TPSA) is 60.2 Å². The Kier molecular flexibility index (Phi) is 4.23. The normalized spacial score (nSPS) is 23.3. The van der Waals surface area contributed by atoms with E-state index in [0.29, 0.717) is 6.04 Å². The maximum Gasteiger partial charge on any atom is 0.183 e. The Morgan fingerprint density at radius 1 is 1.22 bits per heavy atom. The van der Waals surface area contributed by atoms with Crippen LogP contribution in [0.25, 0.3) is 11.3 Å². The Bertz CT molecular complexity index is 677. The molecule has 2 heterocycles. The lowest BCUT2D eigenvalue weighted by Gasteiger charge is -2.25. The quantitative estimate of drug-likeness (QED) is 0.902. The lowest BCUT2D eigenvalue weighted by molar-refractivity contribution is 0.327. The molecule has 2 aromatic rings. The zero-order chi connectivity index (χ0) is 15.6. The largest absolute Gasteiger partial charge is 0.493 e.